The summed E-state index contributed by atoms with van der Waals surface area (Å²) < 4.78 is 5.99. The zero-order chi connectivity index (χ0) is 18.7. The predicted molar refractivity (Wildman–Crippen MR) is 99.7 cm³/mol. The summed E-state index contributed by atoms with van der Waals surface area (Å²) in [7, 11) is 1.54. The van der Waals surface area contributed by atoms with Crippen molar-refractivity contribution in [2.75, 3.05) is 7.11 Å². The fourth-order valence-corrected chi connectivity index (χ4v) is 4.06. The molecule has 0 saturated carbocycles. The molecule has 0 saturated heterocycles. The molecule has 26 heavy (non-hydrogen) atoms. The average Bonchev–Trinajstić information content (AvgIpc) is 2.98. The molecule has 134 valence electrons. The van der Waals surface area contributed by atoms with Crippen LogP contribution in [0.5, 0.6) is 5.75 Å². The molecule has 5 nitrogen and oxygen atoms in total. The molecular formula is C19H15ClNO4S-. The van der Waals surface area contributed by atoms with Gasteiger partial charge in [0.1, 0.15) is 10.6 Å². The summed E-state index contributed by atoms with van der Waals surface area (Å²) in [5.74, 6) is -1.04. The Kier molecular flexibility index (Phi) is 5.44. The zero-order valence-electron chi connectivity index (χ0n) is 13.8. The van der Waals surface area contributed by atoms with E-state index in [0.717, 1.165) is 10.1 Å². The maximum Gasteiger partial charge on any atom is 0.263 e. The number of hydrogen-bond acceptors (Lipinski definition) is 5. The molecule has 1 N–H and O–H groups in total. The third kappa shape index (κ3) is 3.81. The lowest BCUT2D eigenvalue weighted by molar-refractivity contribution is -0.306. The number of carboxylic acids is 1. The largest absolute Gasteiger partial charge is 0.550 e. The number of amides is 1. The van der Waals surface area contributed by atoms with Crippen molar-refractivity contribution in [1.82, 2.24) is 5.32 Å². The Bertz CT molecular complexity index is 952. The molecule has 0 spiro atoms. The van der Waals surface area contributed by atoms with Crippen molar-refractivity contribution in [1.29, 1.82) is 0 Å². The van der Waals surface area contributed by atoms with Crippen molar-refractivity contribution in [3.8, 4) is 5.75 Å². The monoisotopic (exact) mass is 388 g/mol. The summed E-state index contributed by atoms with van der Waals surface area (Å²) in [6.45, 7) is 0. The van der Waals surface area contributed by atoms with Gasteiger partial charge < -0.3 is 20.0 Å². The van der Waals surface area contributed by atoms with Gasteiger partial charge in [0.2, 0.25) is 0 Å². The van der Waals surface area contributed by atoms with Crippen molar-refractivity contribution in [3.63, 3.8) is 0 Å². The van der Waals surface area contributed by atoms with Crippen LogP contribution in [-0.4, -0.2) is 19.0 Å². The van der Waals surface area contributed by atoms with Gasteiger partial charge >= 0.3 is 0 Å². The van der Waals surface area contributed by atoms with Crippen LogP contribution in [0.15, 0.2) is 48.5 Å². The number of ether oxygens (including phenoxy) is 1. The summed E-state index contributed by atoms with van der Waals surface area (Å²) in [6.07, 6.45) is -0.347. The van der Waals surface area contributed by atoms with Crippen molar-refractivity contribution in [2.24, 2.45) is 0 Å². The highest BCUT2D eigenvalue weighted by Gasteiger charge is 2.21. The molecule has 1 heterocycles. The maximum atomic E-state index is 12.7. The Hall–Kier alpha value is -2.57. The van der Waals surface area contributed by atoms with Gasteiger partial charge in [-0.15, -0.1) is 11.3 Å². The SMILES string of the molecule is COc1ccc(C(CC(=O)[O-])NC(=O)c2sc3ccccc3c2Cl)cc1. The Labute approximate surface area is 159 Å². The molecule has 3 rings (SSSR count). The van der Waals surface area contributed by atoms with Gasteiger partial charge in [-0.2, -0.15) is 0 Å². The highest BCUT2D eigenvalue weighted by molar-refractivity contribution is 7.21. The van der Waals surface area contributed by atoms with Crippen molar-refractivity contribution in [3.05, 3.63) is 64.0 Å². The smallest absolute Gasteiger partial charge is 0.263 e. The molecular weight excluding hydrogens is 374 g/mol. The minimum atomic E-state index is -1.26. The van der Waals surface area contributed by atoms with E-state index >= 15 is 0 Å². The molecule has 0 bridgehead atoms. The molecule has 0 aliphatic heterocycles. The lowest BCUT2D eigenvalue weighted by atomic mass is 10.0. The molecule has 0 radical (unpaired) electrons. The average molecular weight is 389 g/mol. The van der Waals surface area contributed by atoms with Crippen LogP contribution >= 0.6 is 22.9 Å². The van der Waals surface area contributed by atoms with Crippen LogP contribution in [0.3, 0.4) is 0 Å². The highest BCUT2D eigenvalue weighted by Crippen LogP contribution is 2.35. The highest BCUT2D eigenvalue weighted by atomic mass is 35.5. The van der Waals surface area contributed by atoms with Crippen LogP contribution in [0.1, 0.15) is 27.7 Å². The lowest BCUT2D eigenvalue weighted by Gasteiger charge is -2.20. The number of aliphatic carboxylic acids is 1. The molecule has 0 aliphatic carbocycles. The first-order valence-electron chi connectivity index (χ1n) is 7.81. The normalized spacial score (nSPS) is 11.9. The molecule has 3 aromatic rings. The predicted octanol–water partition coefficient (Wildman–Crippen LogP) is 3.17. The topological polar surface area (TPSA) is 78.5 Å². The molecule has 0 aliphatic rings. The number of fused-ring (bicyclic) bond motifs is 1. The van der Waals surface area contributed by atoms with Crippen LogP contribution in [-0.2, 0) is 4.79 Å². The van der Waals surface area contributed by atoms with Crippen LogP contribution in [0, 0.1) is 0 Å². The summed E-state index contributed by atoms with van der Waals surface area (Å²) in [5.41, 5.74) is 0.639. The Balaban J connectivity index is 1.88. The van der Waals surface area contributed by atoms with Crippen molar-refractivity contribution in [2.45, 2.75) is 12.5 Å². The fraction of sp³-hybridized carbons (Fsp3) is 0.158. The number of carbonyl (C=O) groups excluding carboxylic acids is 2. The molecule has 1 aromatic heterocycles. The van der Waals surface area contributed by atoms with Crippen LogP contribution in [0.4, 0.5) is 0 Å². The van der Waals surface area contributed by atoms with E-state index in [9.17, 15) is 14.7 Å². The number of halogens is 1. The number of benzene rings is 2. The minimum Gasteiger partial charge on any atom is -0.550 e. The summed E-state index contributed by atoms with van der Waals surface area (Å²) in [5, 5.41) is 15.0. The Morgan fingerprint density at radius 3 is 2.50 bits per heavy atom. The summed E-state index contributed by atoms with van der Waals surface area (Å²) in [4.78, 5) is 24.2. The Morgan fingerprint density at radius 2 is 1.88 bits per heavy atom. The number of thiophene rings is 1. The van der Waals surface area contributed by atoms with Gasteiger partial charge in [-0.1, -0.05) is 41.9 Å². The third-order valence-corrected chi connectivity index (χ3v) is 5.61. The zero-order valence-corrected chi connectivity index (χ0v) is 15.4. The number of methoxy groups -OCH3 is 1. The van der Waals surface area contributed by atoms with Gasteiger partial charge in [-0.25, -0.2) is 0 Å². The van der Waals surface area contributed by atoms with Crippen LogP contribution in [0.2, 0.25) is 5.02 Å². The van der Waals surface area contributed by atoms with Gasteiger partial charge in [0, 0.05) is 22.5 Å². The van der Waals surface area contributed by atoms with E-state index in [0.29, 0.717) is 21.2 Å². The second kappa shape index (κ2) is 7.76. The first kappa shape index (κ1) is 18.2. The molecule has 0 fully saturated rings. The van der Waals surface area contributed by atoms with E-state index in [1.54, 1.807) is 31.4 Å². The number of rotatable bonds is 6. The first-order chi connectivity index (χ1) is 12.5. The minimum absolute atomic E-state index is 0.347. The van der Waals surface area contributed by atoms with Gasteiger partial charge in [0.05, 0.1) is 18.2 Å². The molecule has 1 amide bonds. The van der Waals surface area contributed by atoms with Crippen LogP contribution in [0.25, 0.3) is 10.1 Å². The summed E-state index contributed by atoms with van der Waals surface area (Å²) >= 11 is 7.60. The summed E-state index contributed by atoms with van der Waals surface area (Å²) in [6, 6.07) is 13.5. The molecule has 7 heteroatoms. The van der Waals surface area contributed by atoms with Crippen LogP contribution < -0.4 is 15.2 Å². The fourth-order valence-electron chi connectivity index (χ4n) is 2.64. The Morgan fingerprint density at radius 1 is 1.19 bits per heavy atom. The number of carboxylic acid groups (broad SMARTS) is 1. The standard InChI is InChI=1S/C19H16ClNO4S/c1-25-12-8-6-11(7-9-12)14(10-16(22)23)21-19(24)18-17(20)13-4-2-3-5-15(13)26-18/h2-9,14H,10H2,1H3,(H,21,24)(H,22,23)/p-1. The van der Waals surface area contributed by atoms with E-state index in [1.165, 1.54) is 11.3 Å². The molecule has 1 unspecified atom stereocenters. The third-order valence-electron chi connectivity index (χ3n) is 3.94. The van der Waals surface area contributed by atoms with E-state index in [2.05, 4.69) is 5.32 Å². The maximum absolute atomic E-state index is 12.7. The van der Waals surface area contributed by atoms with Gasteiger partial charge in [0.15, 0.2) is 0 Å². The van der Waals surface area contributed by atoms with Crippen molar-refractivity contribution < 1.29 is 19.4 Å². The van der Waals surface area contributed by atoms with Gasteiger partial charge in [-0.3, -0.25) is 4.79 Å². The van der Waals surface area contributed by atoms with E-state index in [4.69, 9.17) is 16.3 Å². The van der Waals surface area contributed by atoms with E-state index in [1.807, 2.05) is 24.3 Å². The quantitative estimate of drug-likeness (QED) is 0.703. The second-order valence-electron chi connectivity index (χ2n) is 5.62. The first-order valence-corrected chi connectivity index (χ1v) is 9.00. The van der Waals surface area contributed by atoms with Gasteiger partial charge in [0.25, 0.3) is 5.91 Å². The number of nitrogens with one attached hydrogen (secondary N) is 1. The second-order valence-corrected chi connectivity index (χ2v) is 7.05. The van der Waals surface area contributed by atoms with Gasteiger partial charge in [-0.05, 0) is 23.8 Å². The van der Waals surface area contributed by atoms with Crippen molar-refractivity contribution >= 4 is 44.9 Å². The van der Waals surface area contributed by atoms with E-state index in [-0.39, 0.29) is 6.42 Å². The molecule has 1 atom stereocenters. The number of carbonyl (C=O) groups is 2. The van der Waals surface area contributed by atoms with E-state index < -0.39 is 17.9 Å². The molecule has 2 aromatic carbocycles. The lowest BCUT2D eigenvalue weighted by Crippen LogP contribution is -2.34. The number of hydrogen-bond donors (Lipinski definition) is 1.